The number of aliphatic hydroxyl groups is 1. The summed E-state index contributed by atoms with van der Waals surface area (Å²) in [6.07, 6.45) is 2.91. The van der Waals surface area contributed by atoms with Crippen LogP contribution in [0.25, 0.3) is 0 Å². The minimum Gasteiger partial charge on any atom is -0.494 e. The number of fused-ring (bicyclic) bond motifs is 1. The normalized spacial score (nSPS) is 12.2. The van der Waals surface area contributed by atoms with Crippen molar-refractivity contribution in [2.24, 2.45) is 0 Å². The van der Waals surface area contributed by atoms with Gasteiger partial charge in [-0.3, -0.25) is 9.69 Å². The van der Waals surface area contributed by atoms with Crippen molar-refractivity contribution in [1.82, 2.24) is 4.98 Å². The van der Waals surface area contributed by atoms with E-state index >= 15 is 0 Å². The number of hydrogen-bond donors (Lipinski definition) is 2. The molecule has 0 aliphatic carbocycles. The average molecular weight is 466 g/mol. The van der Waals surface area contributed by atoms with Crippen LogP contribution in [0.4, 0.5) is 15.9 Å². The smallest absolute Gasteiger partial charge is 0.259 e. The summed E-state index contributed by atoms with van der Waals surface area (Å²) in [5, 5.41) is 12.3. The molecule has 1 aliphatic heterocycles. The van der Waals surface area contributed by atoms with E-state index in [1.807, 2.05) is 36.4 Å². The van der Waals surface area contributed by atoms with Crippen molar-refractivity contribution in [3.8, 4) is 5.75 Å². The first kappa shape index (κ1) is 23.7. The van der Waals surface area contributed by atoms with E-state index in [2.05, 4.69) is 10.3 Å². The fourth-order valence-corrected chi connectivity index (χ4v) is 4.11. The van der Waals surface area contributed by atoms with E-state index in [9.17, 15) is 9.18 Å². The number of anilines is 2. The maximum Gasteiger partial charge on any atom is 0.259 e. The van der Waals surface area contributed by atoms with Crippen molar-refractivity contribution in [3.05, 3.63) is 82.8 Å². The minimum atomic E-state index is -0.418. The van der Waals surface area contributed by atoms with Crippen LogP contribution in [0.1, 0.15) is 27.0 Å². The molecule has 1 aliphatic rings. The van der Waals surface area contributed by atoms with E-state index in [1.54, 1.807) is 17.2 Å². The monoisotopic (exact) mass is 465 g/mol. The number of pyridine rings is 1. The first-order valence-electron chi connectivity index (χ1n) is 11.2. The molecule has 0 fully saturated rings. The van der Waals surface area contributed by atoms with Crippen LogP contribution >= 0.6 is 0 Å². The lowest BCUT2D eigenvalue weighted by Crippen LogP contribution is -2.35. The average Bonchev–Trinajstić information content (AvgIpc) is 3.33. The van der Waals surface area contributed by atoms with Crippen LogP contribution in [-0.2, 0) is 17.6 Å². The van der Waals surface area contributed by atoms with Gasteiger partial charge in [0.1, 0.15) is 5.82 Å². The summed E-state index contributed by atoms with van der Waals surface area (Å²) in [4.78, 5) is 19.7. The molecule has 0 radical (unpaired) electrons. The van der Waals surface area contributed by atoms with Gasteiger partial charge in [0, 0.05) is 24.0 Å². The van der Waals surface area contributed by atoms with E-state index in [4.69, 9.17) is 14.6 Å². The molecule has 2 N–H and O–H groups in total. The van der Waals surface area contributed by atoms with Gasteiger partial charge in [-0.25, -0.2) is 9.37 Å². The van der Waals surface area contributed by atoms with Gasteiger partial charge in [0.25, 0.3) is 5.91 Å². The van der Waals surface area contributed by atoms with Crippen molar-refractivity contribution >= 4 is 17.4 Å². The van der Waals surface area contributed by atoms with Gasteiger partial charge in [-0.15, -0.1) is 0 Å². The third-order valence-corrected chi connectivity index (χ3v) is 5.75. The topological polar surface area (TPSA) is 83.9 Å². The Morgan fingerprint density at radius 2 is 2.03 bits per heavy atom. The Hall–Kier alpha value is -3.49. The zero-order chi connectivity index (χ0) is 23.9. The molecule has 0 saturated carbocycles. The van der Waals surface area contributed by atoms with E-state index in [0.717, 1.165) is 35.3 Å². The van der Waals surface area contributed by atoms with Crippen molar-refractivity contribution in [2.75, 3.05) is 50.2 Å². The van der Waals surface area contributed by atoms with Crippen LogP contribution in [0.2, 0.25) is 0 Å². The highest BCUT2D eigenvalue weighted by Gasteiger charge is 2.24. The zero-order valence-electron chi connectivity index (χ0n) is 19.1. The van der Waals surface area contributed by atoms with Crippen molar-refractivity contribution in [3.63, 3.8) is 0 Å². The molecule has 34 heavy (non-hydrogen) atoms. The molecule has 2 aromatic carbocycles. The van der Waals surface area contributed by atoms with E-state index in [1.165, 1.54) is 13.2 Å². The van der Waals surface area contributed by atoms with Gasteiger partial charge in [-0.2, -0.15) is 0 Å². The second-order valence-corrected chi connectivity index (χ2v) is 7.97. The molecule has 0 bridgehead atoms. The first-order chi connectivity index (χ1) is 16.6. The molecule has 0 saturated heterocycles. The molecule has 4 rings (SSSR count). The number of halogens is 1. The second-order valence-electron chi connectivity index (χ2n) is 7.97. The standard InChI is InChI=1S/C26H28FN3O4/c1-33-24-6-5-18(16-22(24)27)15-19-7-9-29-25(17-19)30(11-13-34-14-12-31)26(32)21-3-2-4-23-20(21)8-10-28-23/h2-7,9,16-17,28,31H,8,10-15H2,1H3. The number of hydrogen-bond acceptors (Lipinski definition) is 6. The van der Waals surface area contributed by atoms with Crippen molar-refractivity contribution < 1.29 is 23.8 Å². The second kappa shape index (κ2) is 11.1. The molecule has 0 spiro atoms. The number of rotatable bonds is 10. The van der Waals surface area contributed by atoms with Crippen LogP contribution < -0.4 is 15.0 Å². The van der Waals surface area contributed by atoms with E-state index in [0.29, 0.717) is 17.8 Å². The number of carbonyl (C=O) groups is 1. The summed E-state index contributed by atoms with van der Waals surface area (Å²) in [6, 6.07) is 14.2. The number of amides is 1. The minimum absolute atomic E-state index is 0.0854. The van der Waals surface area contributed by atoms with Gasteiger partial charge in [0.15, 0.2) is 11.6 Å². The zero-order valence-corrected chi connectivity index (χ0v) is 19.1. The van der Waals surface area contributed by atoms with Crippen LogP contribution in [-0.4, -0.2) is 56.0 Å². The molecule has 2 heterocycles. The number of nitrogens with one attached hydrogen (secondary N) is 1. The highest BCUT2D eigenvalue weighted by molar-refractivity contribution is 6.07. The highest BCUT2D eigenvalue weighted by atomic mass is 19.1. The SMILES string of the molecule is COc1ccc(Cc2ccnc(N(CCOCCO)C(=O)c3cccc4c3CCN4)c2)cc1F. The van der Waals surface area contributed by atoms with Gasteiger partial charge < -0.3 is 19.9 Å². The number of aliphatic hydroxyl groups excluding tert-OH is 1. The Balaban J connectivity index is 1.60. The lowest BCUT2D eigenvalue weighted by atomic mass is 10.0. The number of nitrogens with zero attached hydrogens (tertiary/aromatic N) is 2. The summed E-state index contributed by atoms with van der Waals surface area (Å²) < 4.78 is 24.6. The summed E-state index contributed by atoms with van der Waals surface area (Å²) in [6.45, 7) is 1.45. The summed E-state index contributed by atoms with van der Waals surface area (Å²) in [7, 11) is 1.43. The Morgan fingerprint density at radius 1 is 1.18 bits per heavy atom. The maximum absolute atomic E-state index is 14.1. The third-order valence-electron chi connectivity index (χ3n) is 5.75. The van der Waals surface area contributed by atoms with E-state index in [-0.39, 0.29) is 38.0 Å². The number of methoxy groups -OCH3 is 1. The molecule has 178 valence electrons. The first-order valence-corrected chi connectivity index (χ1v) is 11.2. The van der Waals surface area contributed by atoms with Crippen LogP contribution in [0, 0.1) is 5.82 Å². The highest BCUT2D eigenvalue weighted by Crippen LogP contribution is 2.28. The van der Waals surface area contributed by atoms with Crippen molar-refractivity contribution in [1.29, 1.82) is 0 Å². The Kier molecular flexibility index (Phi) is 7.72. The Morgan fingerprint density at radius 3 is 2.82 bits per heavy atom. The summed E-state index contributed by atoms with van der Waals surface area (Å²) >= 11 is 0. The molecule has 3 aromatic rings. The lowest BCUT2D eigenvalue weighted by Gasteiger charge is -2.23. The molecule has 1 amide bonds. The number of ether oxygens (including phenoxy) is 2. The number of carbonyl (C=O) groups excluding carboxylic acids is 1. The molecule has 8 heteroatoms. The van der Waals surface area contributed by atoms with Gasteiger partial charge >= 0.3 is 0 Å². The van der Waals surface area contributed by atoms with Crippen LogP contribution in [0.5, 0.6) is 5.75 Å². The number of benzene rings is 2. The fourth-order valence-electron chi connectivity index (χ4n) is 4.11. The van der Waals surface area contributed by atoms with E-state index < -0.39 is 5.82 Å². The Bertz CT molecular complexity index is 1150. The van der Waals surface area contributed by atoms with Crippen molar-refractivity contribution in [2.45, 2.75) is 12.8 Å². The van der Waals surface area contributed by atoms with Gasteiger partial charge in [-0.1, -0.05) is 12.1 Å². The third kappa shape index (κ3) is 5.35. The quantitative estimate of drug-likeness (QED) is 0.447. The lowest BCUT2D eigenvalue weighted by molar-refractivity contribution is 0.0885. The fraction of sp³-hybridized carbons (Fsp3) is 0.308. The van der Waals surface area contributed by atoms with Crippen LogP contribution in [0.15, 0.2) is 54.7 Å². The predicted molar refractivity (Wildman–Crippen MR) is 128 cm³/mol. The van der Waals surface area contributed by atoms with Crippen LogP contribution in [0.3, 0.4) is 0 Å². The summed E-state index contributed by atoms with van der Waals surface area (Å²) in [5.74, 6) is 0.114. The van der Waals surface area contributed by atoms with Gasteiger partial charge in [0.05, 0.1) is 33.5 Å². The largest absolute Gasteiger partial charge is 0.494 e. The van der Waals surface area contributed by atoms with Gasteiger partial charge in [0.2, 0.25) is 0 Å². The number of aromatic nitrogens is 1. The molecular weight excluding hydrogens is 437 g/mol. The molecule has 0 atom stereocenters. The maximum atomic E-state index is 14.1. The summed E-state index contributed by atoms with van der Waals surface area (Å²) in [5.41, 5.74) is 4.29. The van der Waals surface area contributed by atoms with Gasteiger partial charge in [-0.05, 0) is 65.9 Å². The molecule has 1 aromatic heterocycles. The molecular formula is C26H28FN3O4. The molecule has 7 nitrogen and oxygen atoms in total. The molecule has 0 unspecified atom stereocenters. The predicted octanol–water partition coefficient (Wildman–Crippen LogP) is 3.44. The Labute approximate surface area is 198 Å².